The standard InChI is InChI=1S/C21H21NO4/c1-14(16-6-4-3-5-7-16)13-22-21(24)15(2)25-18-10-8-17-9-11-20(23)26-19(17)12-18/h3-12,14-15H,13H2,1-2H3,(H,22,24)/t14-,15-/m1/s1. The molecule has 1 aromatic heterocycles. The van der Waals surface area contributed by atoms with Gasteiger partial charge in [0, 0.05) is 24.1 Å². The minimum absolute atomic E-state index is 0.192. The van der Waals surface area contributed by atoms with Crippen LogP contribution in [0.4, 0.5) is 0 Å². The fourth-order valence-corrected chi connectivity index (χ4v) is 2.67. The fourth-order valence-electron chi connectivity index (χ4n) is 2.67. The normalized spacial score (nSPS) is 13.2. The first-order valence-electron chi connectivity index (χ1n) is 8.56. The lowest BCUT2D eigenvalue weighted by atomic mass is 10.0. The summed E-state index contributed by atoms with van der Waals surface area (Å²) in [5, 5.41) is 3.71. The van der Waals surface area contributed by atoms with Crippen LogP contribution in [0.2, 0.25) is 0 Å². The Hall–Kier alpha value is -3.08. The molecule has 0 aliphatic carbocycles. The Bertz CT molecular complexity index is 949. The van der Waals surface area contributed by atoms with Crippen LogP contribution in [0.1, 0.15) is 25.3 Å². The highest BCUT2D eigenvalue weighted by atomic mass is 16.5. The Kier molecular flexibility index (Phi) is 5.37. The van der Waals surface area contributed by atoms with Crippen LogP contribution < -0.4 is 15.7 Å². The highest BCUT2D eigenvalue weighted by molar-refractivity contribution is 5.81. The number of hydrogen-bond acceptors (Lipinski definition) is 4. The monoisotopic (exact) mass is 351 g/mol. The van der Waals surface area contributed by atoms with Crippen LogP contribution in [0.3, 0.4) is 0 Å². The first-order valence-corrected chi connectivity index (χ1v) is 8.56. The molecule has 0 unspecified atom stereocenters. The quantitative estimate of drug-likeness (QED) is 0.691. The van der Waals surface area contributed by atoms with Crippen molar-refractivity contribution in [1.82, 2.24) is 5.32 Å². The van der Waals surface area contributed by atoms with Crippen LogP contribution in [-0.2, 0) is 4.79 Å². The summed E-state index contributed by atoms with van der Waals surface area (Å²) in [4.78, 5) is 23.6. The molecule has 2 aromatic carbocycles. The van der Waals surface area contributed by atoms with Gasteiger partial charge in [-0.2, -0.15) is 0 Å². The molecule has 0 bridgehead atoms. The molecular formula is C21H21NO4. The van der Waals surface area contributed by atoms with Crippen molar-refractivity contribution in [3.05, 3.63) is 76.6 Å². The van der Waals surface area contributed by atoms with Gasteiger partial charge in [0.05, 0.1) is 0 Å². The first-order chi connectivity index (χ1) is 12.5. The zero-order valence-corrected chi connectivity index (χ0v) is 14.8. The van der Waals surface area contributed by atoms with Gasteiger partial charge in [-0.25, -0.2) is 4.79 Å². The topological polar surface area (TPSA) is 68.5 Å². The maximum absolute atomic E-state index is 12.3. The van der Waals surface area contributed by atoms with E-state index in [4.69, 9.17) is 9.15 Å². The van der Waals surface area contributed by atoms with E-state index in [1.165, 1.54) is 11.6 Å². The smallest absolute Gasteiger partial charge is 0.336 e. The number of rotatable bonds is 6. The summed E-state index contributed by atoms with van der Waals surface area (Å²) >= 11 is 0. The molecule has 0 fully saturated rings. The molecule has 5 nitrogen and oxygen atoms in total. The Labute approximate surface area is 151 Å². The van der Waals surface area contributed by atoms with E-state index in [9.17, 15) is 9.59 Å². The van der Waals surface area contributed by atoms with Crippen LogP contribution in [0.25, 0.3) is 11.0 Å². The lowest BCUT2D eigenvalue weighted by molar-refractivity contribution is -0.127. The minimum atomic E-state index is -0.661. The summed E-state index contributed by atoms with van der Waals surface area (Å²) in [6.45, 7) is 4.28. The Morgan fingerprint density at radius 1 is 1.08 bits per heavy atom. The van der Waals surface area contributed by atoms with Gasteiger partial charge in [-0.05, 0) is 36.6 Å². The molecule has 3 aromatic rings. The van der Waals surface area contributed by atoms with E-state index in [2.05, 4.69) is 12.2 Å². The Morgan fingerprint density at radius 2 is 1.81 bits per heavy atom. The summed E-state index contributed by atoms with van der Waals surface area (Å²) in [7, 11) is 0. The summed E-state index contributed by atoms with van der Waals surface area (Å²) in [6.07, 6.45) is -0.661. The zero-order chi connectivity index (χ0) is 18.5. The van der Waals surface area contributed by atoms with E-state index in [-0.39, 0.29) is 11.8 Å². The molecule has 0 aliphatic heterocycles. The third-order valence-corrected chi connectivity index (χ3v) is 4.23. The number of benzene rings is 2. The maximum atomic E-state index is 12.3. The molecule has 0 radical (unpaired) electrons. The highest BCUT2D eigenvalue weighted by Crippen LogP contribution is 2.20. The molecule has 134 valence electrons. The van der Waals surface area contributed by atoms with Gasteiger partial charge in [0.25, 0.3) is 5.91 Å². The van der Waals surface area contributed by atoms with Gasteiger partial charge in [0.1, 0.15) is 11.3 Å². The van der Waals surface area contributed by atoms with Crippen molar-refractivity contribution < 1.29 is 13.9 Å². The number of carbonyl (C=O) groups excluding carboxylic acids is 1. The molecular weight excluding hydrogens is 330 g/mol. The summed E-state index contributed by atoms with van der Waals surface area (Å²) in [6, 6.07) is 18.2. The third kappa shape index (κ3) is 4.30. The predicted octanol–water partition coefficient (Wildman–Crippen LogP) is 3.48. The number of amides is 1. The number of fused-ring (bicyclic) bond motifs is 1. The van der Waals surface area contributed by atoms with Crippen molar-refractivity contribution in [2.75, 3.05) is 6.54 Å². The summed E-state index contributed by atoms with van der Waals surface area (Å²) in [5.41, 5.74) is 1.18. The van der Waals surface area contributed by atoms with E-state index in [1.807, 2.05) is 30.3 Å². The van der Waals surface area contributed by atoms with Crippen molar-refractivity contribution in [3.8, 4) is 5.75 Å². The van der Waals surface area contributed by atoms with Crippen LogP contribution in [0.5, 0.6) is 5.75 Å². The molecule has 0 aliphatic rings. The largest absolute Gasteiger partial charge is 0.481 e. The van der Waals surface area contributed by atoms with Gasteiger partial charge in [-0.15, -0.1) is 0 Å². The van der Waals surface area contributed by atoms with Gasteiger partial charge < -0.3 is 14.5 Å². The second-order valence-corrected chi connectivity index (χ2v) is 6.27. The van der Waals surface area contributed by atoms with Crippen LogP contribution >= 0.6 is 0 Å². The average Bonchev–Trinajstić information content (AvgIpc) is 2.66. The van der Waals surface area contributed by atoms with Gasteiger partial charge in [-0.3, -0.25) is 4.79 Å². The molecule has 1 amide bonds. The second kappa shape index (κ2) is 7.87. The number of hydrogen-bond donors (Lipinski definition) is 1. The molecule has 0 spiro atoms. The van der Waals surface area contributed by atoms with Gasteiger partial charge in [0.2, 0.25) is 0 Å². The highest BCUT2D eigenvalue weighted by Gasteiger charge is 2.16. The molecule has 26 heavy (non-hydrogen) atoms. The third-order valence-electron chi connectivity index (χ3n) is 4.23. The number of ether oxygens (including phenoxy) is 1. The molecule has 0 saturated heterocycles. The molecule has 1 N–H and O–H groups in total. The van der Waals surface area contributed by atoms with Crippen LogP contribution in [0, 0.1) is 0 Å². The second-order valence-electron chi connectivity index (χ2n) is 6.27. The number of nitrogens with one attached hydrogen (secondary N) is 1. The van der Waals surface area contributed by atoms with E-state index in [1.54, 1.807) is 31.2 Å². The Morgan fingerprint density at radius 3 is 2.58 bits per heavy atom. The van der Waals surface area contributed by atoms with Gasteiger partial charge in [0.15, 0.2) is 6.10 Å². The molecule has 1 heterocycles. The van der Waals surface area contributed by atoms with E-state index in [0.29, 0.717) is 17.9 Å². The minimum Gasteiger partial charge on any atom is -0.481 e. The first kappa shape index (κ1) is 17.7. The van der Waals surface area contributed by atoms with E-state index in [0.717, 1.165) is 5.39 Å². The fraction of sp³-hybridized carbons (Fsp3) is 0.238. The van der Waals surface area contributed by atoms with E-state index < -0.39 is 11.7 Å². The Balaban J connectivity index is 1.59. The van der Waals surface area contributed by atoms with Gasteiger partial charge >= 0.3 is 5.63 Å². The lowest BCUT2D eigenvalue weighted by Crippen LogP contribution is -2.38. The van der Waals surface area contributed by atoms with Crippen LogP contribution in [-0.4, -0.2) is 18.6 Å². The number of carbonyl (C=O) groups is 1. The maximum Gasteiger partial charge on any atom is 0.336 e. The molecule has 0 saturated carbocycles. The summed E-state index contributed by atoms with van der Waals surface area (Å²) in [5.74, 6) is 0.496. The van der Waals surface area contributed by atoms with Crippen molar-refractivity contribution in [2.24, 2.45) is 0 Å². The van der Waals surface area contributed by atoms with Gasteiger partial charge in [-0.1, -0.05) is 37.3 Å². The zero-order valence-electron chi connectivity index (χ0n) is 14.8. The predicted molar refractivity (Wildman–Crippen MR) is 100 cm³/mol. The molecule has 5 heteroatoms. The summed E-state index contributed by atoms with van der Waals surface area (Å²) < 4.78 is 10.8. The van der Waals surface area contributed by atoms with E-state index >= 15 is 0 Å². The van der Waals surface area contributed by atoms with Crippen LogP contribution in [0.15, 0.2) is 69.9 Å². The van der Waals surface area contributed by atoms with Crippen molar-refractivity contribution >= 4 is 16.9 Å². The lowest BCUT2D eigenvalue weighted by Gasteiger charge is -2.17. The molecule has 2 atom stereocenters. The molecule has 3 rings (SSSR count). The van der Waals surface area contributed by atoms with Crippen molar-refractivity contribution in [2.45, 2.75) is 25.9 Å². The van der Waals surface area contributed by atoms with Crippen molar-refractivity contribution in [1.29, 1.82) is 0 Å². The van der Waals surface area contributed by atoms with Crippen molar-refractivity contribution in [3.63, 3.8) is 0 Å². The average molecular weight is 351 g/mol. The SMILES string of the molecule is C[C@H](CNC(=O)[C@@H](C)Oc1ccc2ccc(=O)oc2c1)c1ccccc1.